The Morgan fingerprint density at radius 3 is 2.88 bits per heavy atom. The fourth-order valence-electron chi connectivity index (χ4n) is 6.97. The first-order valence-electron chi connectivity index (χ1n) is 15.2. The lowest BCUT2D eigenvalue weighted by atomic mass is 10.0. The maximum atomic E-state index is 13.0. The molecule has 5 heterocycles. The molecule has 4 aliphatic heterocycles. The van der Waals surface area contributed by atoms with Crippen molar-refractivity contribution in [1.29, 1.82) is 0 Å². The quantitative estimate of drug-likeness (QED) is 0.489. The Balaban J connectivity index is 0.965. The number of piperidine rings is 1. The average molecular weight is 556 g/mol. The van der Waals surface area contributed by atoms with Crippen LogP contribution in [-0.2, 0) is 17.8 Å². The number of benzene rings is 2. The maximum absolute atomic E-state index is 13.0. The summed E-state index contributed by atoms with van der Waals surface area (Å²) in [4.78, 5) is 24.9. The van der Waals surface area contributed by atoms with E-state index in [1.807, 2.05) is 17.0 Å². The van der Waals surface area contributed by atoms with Gasteiger partial charge in [-0.15, -0.1) is 0 Å². The molecule has 7 rings (SSSR count). The Morgan fingerprint density at radius 1 is 1.10 bits per heavy atom. The zero-order chi connectivity index (χ0) is 28.0. The number of morpholine rings is 1. The van der Waals surface area contributed by atoms with Crippen molar-refractivity contribution >= 4 is 22.6 Å². The van der Waals surface area contributed by atoms with Crippen LogP contribution in [0.1, 0.15) is 54.6 Å². The first kappa shape index (κ1) is 26.7. The molecule has 0 bridgehead atoms. The van der Waals surface area contributed by atoms with Crippen LogP contribution >= 0.6 is 0 Å². The summed E-state index contributed by atoms with van der Waals surface area (Å²) < 4.78 is 12.1. The number of fused-ring (bicyclic) bond motifs is 2. The van der Waals surface area contributed by atoms with Gasteiger partial charge in [-0.25, -0.2) is 4.98 Å². The molecule has 8 nitrogen and oxygen atoms in total. The highest BCUT2D eigenvalue weighted by Gasteiger charge is 2.34. The van der Waals surface area contributed by atoms with Gasteiger partial charge in [-0.1, -0.05) is 6.07 Å². The minimum absolute atomic E-state index is 0.0581. The summed E-state index contributed by atoms with van der Waals surface area (Å²) in [6.45, 7) is 12.2. The number of hydrogen-bond acceptors (Lipinski definition) is 7. The molecule has 0 spiro atoms. The number of carbonyl (C=O) groups excluding carboxylic acids is 1. The van der Waals surface area contributed by atoms with Crippen LogP contribution in [0.15, 0.2) is 48.5 Å². The van der Waals surface area contributed by atoms with Crippen molar-refractivity contribution in [3.05, 3.63) is 65.2 Å². The normalized spacial score (nSPS) is 24.7. The summed E-state index contributed by atoms with van der Waals surface area (Å²) in [7, 11) is 0. The Hall–Kier alpha value is -3.20. The fourth-order valence-corrected chi connectivity index (χ4v) is 6.97. The standard InChI is InChI=1S/C33H41N5O3/c1-33(2)22-40-15-14-38(33)31-10-6-24-16-23(5-9-30(24)35-31)19-36-13-11-28(21-36)41-27-7-8-29-25(17-27)20-37(32(29)39)26-4-3-12-34-18-26/h5-10,16-17,26,28,34H,3-4,11-15,18-22H2,1-2H3/t26?,28-/m0/s1. The minimum atomic E-state index is -0.0581. The van der Waals surface area contributed by atoms with Gasteiger partial charge in [-0.2, -0.15) is 0 Å². The predicted molar refractivity (Wildman–Crippen MR) is 161 cm³/mol. The van der Waals surface area contributed by atoms with E-state index < -0.39 is 0 Å². The largest absolute Gasteiger partial charge is 0.489 e. The molecule has 0 aliphatic carbocycles. The van der Waals surface area contributed by atoms with Crippen molar-refractivity contribution in [3.8, 4) is 5.75 Å². The number of pyridine rings is 1. The van der Waals surface area contributed by atoms with Gasteiger partial charge in [0.2, 0.25) is 0 Å². The Morgan fingerprint density at radius 2 is 2.02 bits per heavy atom. The van der Waals surface area contributed by atoms with Gasteiger partial charge in [-0.3, -0.25) is 9.69 Å². The van der Waals surface area contributed by atoms with Gasteiger partial charge < -0.3 is 24.6 Å². The average Bonchev–Trinajstić information content (AvgIpc) is 3.56. The molecular weight excluding hydrogens is 514 g/mol. The molecule has 41 heavy (non-hydrogen) atoms. The lowest BCUT2D eigenvalue weighted by Gasteiger charge is -2.43. The first-order chi connectivity index (χ1) is 19.9. The summed E-state index contributed by atoms with van der Waals surface area (Å²) in [5.74, 6) is 2.06. The Labute approximate surface area is 242 Å². The van der Waals surface area contributed by atoms with Gasteiger partial charge in [0.15, 0.2) is 0 Å². The number of aromatic nitrogens is 1. The topological polar surface area (TPSA) is 70.2 Å². The van der Waals surface area contributed by atoms with E-state index in [2.05, 4.69) is 65.4 Å². The number of nitrogens with one attached hydrogen (secondary N) is 1. The van der Waals surface area contributed by atoms with Crippen molar-refractivity contribution in [2.45, 2.75) is 63.9 Å². The van der Waals surface area contributed by atoms with Gasteiger partial charge in [0.25, 0.3) is 5.91 Å². The molecule has 3 aromatic rings. The fraction of sp³-hybridized carbons (Fsp3) is 0.515. The van der Waals surface area contributed by atoms with Crippen LogP contribution in [0.25, 0.3) is 10.9 Å². The second-order valence-electron chi connectivity index (χ2n) is 12.7. The number of nitrogens with zero attached hydrogens (tertiary/aromatic N) is 4. The molecule has 0 radical (unpaired) electrons. The highest BCUT2D eigenvalue weighted by atomic mass is 16.5. The third kappa shape index (κ3) is 5.41. The molecule has 4 aliphatic rings. The Kier molecular flexibility index (Phi) is 7.09. The number of hydrogen-bond donors (Lipinski definition) is 1. The molecule has 2 atom stereocenters. The predicted octanol–water partition coefficient (Wildman–Crippen LogP) is 4.21. The van der Waals surface area contributed by atoms with E-state index in [9.17, 15) is 4.79 Å². The van der Waals surface area contributed by atoms with Crippen molar-refractivity contribution in [3.63, 3.8) is 0 Å². The summed E-state index contributed by atoms with van der Waals surface area (Å²) in [6, 6.07) is 17.3. The number of anilines is 1. The smallest absolute Gasteiger partial charge is 0.254 e. The van der Waals surface area contributed by atoms with E-state index in [0.29, 0.717) is 12.6 Å². The summed E-state index contributed by atoms with van der Waals surface area (Å²) in [6.07, 6.45) is 3.37. The summed E-state index contributed by atoms with van der Waals surface area (Å²) in [5.41, 5.74) is 4.20. The van der Waals surface area contributed by atoms with Crippen LogP contribution in [0.4, 0.5) is 5.82 Å². The Bertz CT molecular complexity index is 1440. The zero-order valence-corrected chi connectivity index (χ0v) is 24.3. The number of rotatable bonds is 6. The van der Waals surface area contributed by atoms with Crippen molar-refractivity contribution in [2.75, 3.05) is 50.8 Å². The van der Waals surface area contributed by atoms with E-state index in [1.165, 1.54) is 10.9 Å². The van der Waals surface area contributed by atoms with Crippen molar-refractivity contribution in [1.82, 2.24) is 20.1 Å². The molecule has 2 aromatic carbocycles. The number of amides is 1. The number of carbonyl (C=O) groups is 1. The van der Waals surface area contributed by atoms with Crippen LogP contribution < -0.4 is 15.0 Å². The van der Waals surface area contributed by atoms with Gasteiger partial charge in [0.1, 0.15) is 17.7 Å². The third-order valence-electron chi connectivity index (χ3n) is 9.22. The van der Waals surface area contributed by atoms with Crippen LogP contribution in [0, 0.1) is 0 Å². The number of ether oxygens (including phenoxy) is 2. The first-order valence-corrected chi connectivity index (χ1v) is 15.2. The molecule has 216 valence electrons. The SMILES string of the molecule is CC1(C)COCCN1c1ccc2cc(CN3CC[C@H](Oc4ccc5c(c4)CN(C4CCCNC4)C5=O)C3)ccc2n1. The lowest BCUT2D eigenvalue weighted by molar-refractivity contribution is 0.0639. The highest BCUT2D eigenvalue weighted by Crippen LogP contribution is 2.31. The molecule has 1 amide bonds. The van der Waals surface area contributed by atoms with Crippen LogP contribution in [-0.4, -0.2) is 84.3 Å². The van der Waals surface area contributed by atoms with Gasteiger partial charge in [0.05, 0.1) is 24.3 Å². The number of likely N-dealkylation sites (tertiary alicyclic amines) is 1. The molecule has 1 N–H and O–H groups in total. The molecule has 0 saturated carbocycles. The van der Waals surface area contributed by atoms with E-state index in [-0.39, 0.29) is 17.6 Å². The van der Waals surface area contributed by atoms with Crippen molar-refractivity contribution < 1.29 is 14.3 Å². The van der Waals surface area contributed by atoms with Crippen LogP contribution in [0.2, 0.25) is 0 Å². The zero-order valence-electron chi connectivity index (χ0n) is 24.3. The van der Waals surface area contributed by atoms with Gasteiger partial charge in [0, 0.05) is 56.3 Å². The van der Waals surface area contributed by atoms with Crippen molar-refractivity contribution in [2.24, 2.45) is 0 Å². The third-order valence-corrected chi connectivity index (χ3v) is 9.22. The maximum Gasteiger partial charge on any atom is 0.254 e. The van der Waals surface area contributed by atoms with Gasteiger partial charge in [-0.05, 0) is 93.2 Å². The van der Waals surface area contributed by atoms with E-state index >= 15 is 0 Å². The minimum Gasteiger partial charge on any atom is -0.489 e. The molecule has 3 fully saturated rings. The summed E-state index contributed by atoms with van der Waals surface area (Å²) in [5, 5.41) is 4.61. The molecule has 8 heteroatoms. The monoisotopic (exact) mass is 555 g/mol. The van der Waals surface area contributed by atoms with Gasteiger partial charge >= 0.3 is 0 Å². The molecule has 3 saturated heterocycles. The molecular formula is C33H41N5O3. The molecule has 1 aromatic heterocycles. The van der Waals surface area contributed by atoms with E-state index in [0.717, 1.165) is 100.0 Å². The molecule has 1 unspecified atom stereocenters. The lowest BCUT2D eigenvalue weighted by Crippen LogP contribution is -2.53. The van der Waals surface area contributed by atoms with Crippen LogP contribution in [0.3, 0.4) is 0 Å². The van der Waals surface area contributed by atoms with E-state index in [4.69, 9.17) is 14.5 Å². The van der Waals surface area contributed by atoms with E-state index in [1.54, 1.807) is 0 Å². The second kappa shape index (κ2) is 10.9. The highest BCUT2D eigenvalue weighted by molar-refractivity contribution is 5.98. The summed E-state index contributed by atoms with van der Waals surface area (Å²) >= 11 is 0. The second-order valence-corrected chi connectivity index (χ2v) is 12.7. The van der Waals surface area contributed by atoms with Crippen LogP contribution in [0.5, 0.6) is 5.75 Å².